The van der Waals surface area contributed by atoms with Crippen LogP contribution in [0.1, 0.15) is 16.4 Å². The van der Waals surface area contributed by atoms with Gasteiger partial charge in [-0.2, -0.15) is 13.2 Å². The zero-order chi connectivity index (χ0) is 14.8. The molecule has 2 heterocycles. The quantitative estimate of drug-likeness (QED) is 0.911. The molecule has 0 aliphatic rings. The van der Waals surface area contributed by atoms with E-state index in [1.165, 1.54) is 11.3 Å². The molecular formula is C12H13F3N4S. The van der Waals surface area contributed by atoms with Gasteiger partial charge in [-0.05, 0) is 13.0 Å². The van der Waals surface area contributed by atoms with E-state index >= 15 is 0 Å². The minimum atomic E-state index is -4.48. The molecule has 8 heteroatoms. The predicted molar refractivity (Wildman–Crippen MR) is 72.7 cm³/mol. The highest BCUT2D eigenvalue weighted by Gasteiger charge is 2.32. The third-order valence-electron chi connectivity index (χ3n) is 2.59. The van der Waals surface area contributed by atoms with Crippen molar-refractivity contribution in [2.45, 2.75) is 19.5 Å². The van der Waals surface area contributed by atoms with Crippen LogP contribution in [0.2, 0.25) is 0 Å². The van der Waals surface area contributed by atoms with Crippen molar-refractivity contribution >= 4 is 22.7 Å². The molecule has 0 aliphatic carbocycles. The van der Waals surface area contributed by atoms with Gasteiger partial charge in [-0.15, -0.1) is 11.3 Å². The number of hydrogen-bond donors (Lipinski definition) is 2. The highest BCUT2D eigenvalue weighted by atomic mass is 32.1. The summed E-state index contributed by atoms with van der Waals surface area (Å²) in [7, 11) is 0. The van der Waals surface area contributed by atoms with Crippen LogP contribution in [0.25, 0.3) is 0 Å². The highest BCUT2D eigenvalue weighted by molar-refractivity contribution is 7.09. The van der Waals surface area contributed by atoms with Crippen molar-refractivity contribution in [1.82, 2.24) is 9.97 Å². The van der Waals surface area contributed by atoms with Gasteiger partial charge in [-0.3, -0.25) is 0 Å². The van der Waals surface area contributed by atoms with Crippen LogP contribution in [0.3, 0.4) is 0 Å². The SMILES string of the molecule is Cc1nc(CCNc2cc(C(F)(F)F)ncc2N)cs1. The van der Waals surface area contributed by atoms with Gasteiger partial charge in [0.15, 0.2) is 0 Å². The van der Waals surface area contributed by atoms with Crippen LogP contribution >= 0.6 is 11.3 Å². The highest BCUT2D eigenvalue weighted by Crippen LogP contribution is 2.30. The summed E-state index contributed by atoms with van der Waals surface area (Å²) in [6.45, 7) is 2.35. The monoisotopic (exact) mass is 302 g/mol. The fourth-order valence-corrected chi connectivity index (χ4v) is 2.27. The summed E-state index contributed by atoms with van der Waals surface area (Å²) in [5.74, 6) is 0. The van der Waals surface area contributed by atoms with Crippen LogP contribution in [0.15, 0.2) is 17.6 Å². The molecule has 0 amide bonds. The van der Waals surface area contributed by atoms with Crippen LogP contribution in [-0.4, -0.2) is 16.5 Å². The lowest BCUT2D eigenvalue weighted by Gasteiger charge is -2.11. The summed E-state index contributed by atoms with van der Waals surface area (Å²) in [6.07, 6.45) is -2.85. The molecular weight excluding hydrogens is 289 g/mol. The number of nitrogens with zero attached hydrogens (tertiary/aromatic N) is 2. The first-order valence-corrected chi connectivity index (χ1v) is 6.72. The molecule has 2 rings (SSSR count). The third-order valence-corrected chi connectivity index (χ3v) is 3.41. The first-order valence-electron chi connectivity index (χ1n) is 5.84. The molecule has 0 saturated heterocycles. The minimum absolute atomic E-state index is 0.187. The average molecular weight is 302 g/mol. The van der Waals surface area contributed by atoms with Gasteiger partial charge in [0.05, 0.1) is 28.3 Å². The second kappa shape index (κ2) is 5.66. The van der Waals surface area contributed by atoms with E-state index in [0.29, 0.717) is 13.0 Å². The summed E-state index contributed by atoms with van der Waals surface area (Å²) < 4.78 is 37.6. The van der Waals surface area contributed by atoms with Crippen molar-refractivity contribution in [3.63, 3.8) is 0 Å². The Hall–Kier alpha value is -1.83. The number of alkyl halides is 3. The number of anilines is 2. The van der Waals surface area contributed by atoms with Crippen LogP contribution in [0.4, 0.5) is 24.5 Å². The molecule has 0 atom stereocenters. The molecule has 2 aromatic rings. The maximum Gasteiger partial charge on any atom is 0.433 e. The lowest BCUT2D eigenvalue weighted by atomic mass is 10.2. The van der Waals surface area contributed by atoms with Crippen molar-refractivity contribution in [2.24, 2.45) is 0 Å². The normalized spacial score (nSPS) is 11.6. The number of halogens is 3. The Bertz CT molecular complexity index is 595. The molecule has 0 saturated carbocycles. The van der Waals surface area contributed by atoms with E-state index in [1.807, 2.05) is 12.3 Å². The summed E-state index contributed by atoms with van der Waals surface area (Å²) in [4.78, 5) is 7.56. The molecule has 0 aliphatic heterocycles. The maximum absolute atomic E-state index is 12.5. The smallest absolute Gasteiger partial charge is 0.396 e. The Kier molecular flexibility index (Phi) is 4.12. The van der Waals surface area contributed by atoms with Crippen molar-refractivity contribution in [1.29, 1.82) is 0 Å². The average Bonchev–Trinajstić information content (AvgIpc) is 2.76. The predicted octanol–water partition coefficient (Wildman–Crippen LogP) is 3.10. The molecule has 2 aromatic heterocycles. The van der Waals surface area contributed by atoms with Gasteiger partial charge in [0.2, 0.25) is 0 Å². The van der Waals surface area contributed by atoms with Gasteiger partial charge in [0.25, 0.3) is 0 Å². The van der Waals surface area contributed by atoms with Gasteiger partial charge >= 0.3 is 6.18 Å². The molecule has 4 nitrogen and oxygen atoms in total. The fourth-order valence-electron chi connectivity index (χ4n) is 1.62. The molecule has 0 bridgehead atoms. The van der Waals surface area contributed by atoms with Gasteiger partial charge in [-0.25, -0.2) is 9.97 Å². The zero-order valence-electron chi connectivity index (χ0n) is 10.7. The summed E-state index contributed by atoms with van der Waals surface area (Å²) in [5, 5.41) is 5.77. The standard InChI is InChI=1S/C12H13F3N4S/c1-7-19-8(6-20-7)2-3-17-10-4-11(12(13,14)15)18-5-9(10)16/h4-6H,2-3,16H2,1H3,(H,17,18). The zero-order valence-corrected chi connectivity index (χ0v) is 11.5. The van der Waals surface area contributed by atoms with E-state index in [4.69, 9.17) is 5.73 Å². The molecule has 108 valence electrons. The largest absolute Gasteiger partial charge is 0.433 e. The Labute approximate surface area is 117 Å². The van der Waals surface area contributed by atoms with Crippen molar-refractivity contribution < 1.29 is 13.2 Å². The number of nitrogens with one attached hydrogen (secondary N) is 1. The first kappa shape index (κ1) is 14.6. The van der Waals surface area contributed by atoms with E-state index < -0.39 is 11.9 Å². The van der Waals surface area contributed by atoms with Gasteiger partial charge in [0.1, 0.15) is 5.69 Å². The van der Waals surface area contributed by atoms with E-state index in [0.717, 1.165) is 23.0 Å². The van der Waals surface area contributed by atoms with Gasteiger partial charge in [-0.1, -0.05) is 0 Å². The van der Waals surface area contributed by atoms with Crippen LogP contribution in [0.5, 0.6) is 0 Å². The topological polar surface area (TPSA) is 63.8 Å². The van der Waals surface area contributed by atoms with E-state index in [1.54, 1.807) is 0 Å². The number of pyridine rings is 1. The van der Waals surface area contributed by atoms with Gasteiger partial charge < -0.3 is 11.1 Å². The van der Waals surface area contributed by atoms with E-state index in [9.17, 15) is 13.2 Å². The van der Waals surface area contributed by atoms with Crippen LogP contribution in [-0.2, 0) is 12.6 Å². The fraction of sp³-hybridized carbons (Fsp3) is 0.333. The van der Waals surface area contributed by atoms with E-state index in [-0.39, 0.29) is 11.4 Å². The van der Waals surface area contributed by atoms with Crippen molar-refractivity contribution in [3.8, 4) is 0 Å². The molecule has 0 fully saturated rings. The Morgan fingerprint density at radius 1 is 1.40 bits per heavy atom. The summed E-state index contributed by atoms with van der Waals surface area (Å²) in [5.41, 5.74) is 5.98. The summed E-state index contributed by atoms with van der Waals surface area (Å²) in [6, 6.07) is 0.918. The first-order chi connectivity index (χ1) is 9.36. The van der Waals surface area contributed by atoms with E-state index in [2.05, 4.69) is 15.3 Å². The lowest BCUT2D eigenvalue weighted by molar-refractivity contribution is -0.141. The minimum Gasteiger partial charge on any atom is -0.396 e. The molecule has 3 N–H and O–H groups in total. The molecule has 0 spiro atoms. The number of aryl methyl sites for hydroxylation is 1. The lowest BCUT2D eigenvalue weighted by Crippen LogP contribution is -2.12. The third kappa shape index (κ3) is 3.60. The Morgan fingerprint density at radius 3 is 2.75 bits per heavy atom. The van der Waals surface area contributed by atoms with Crippen LogP contribution in [0, 0.1) is 6.92 Å². The second-order valence-electron chi connectivity index (χ2n) is 4.19. The summed E-state index contributed by atoms with van der Waals surface area (Å²) >= 11 is 1.54. The second-order valence-corrected chi connectivity index (χ2v) is 5.25. The number of rotatable bonds is 4. The Morgan fingerprint density at radius 2 is 2.15 bits per heavy atom. The molecule has 0 aromatic carbocycles. The number of thiazole rings is 1. The van der Waals surface area contributed by atoms with Crippen molar-refractivity contribution in [2.75, 3.05) is 17.6 Å². The molecule has 0 unspecified atom stereocenters. The molecule has 0 radical (unpaired) electrons. The number of nitrogen functional groups attached to an aromatic ring is 1. The number of aromatic nitrogens is 2. The van der Waals surface area contributed by atoms with Crippen LogP contribution < -0.4 is 11.1 Å². The number of hydrogen-bond acceptors (Lipinski definition) is 5. The number of nitrogens with two attached hydrogens (primary N) is 1. The maximum atomic E-state index is 12.5. The van der Waals surface area contributed by atoms with Gasteiger partial charge in [0, 0.05) is 18.3 Å². The van der Waals surface area contributed by atoms with Crippen molar-refractivity contribution in [3.05, 3.63) is 34.0 Å². The Balaban J connectivity index is 2.02. The molecule has 20 heavy (non-hydrogen) atoms.